The van der Waals surface area contributed by atoms with E-state index in [1.54, 1.807) is 65.8 Å². The molecule has 0 radical (unpaired) electrons. The molecule has 3 atom stereocenters. The van der Waals surface area contributed by atoms with Crippen molar-refractivity contribution in [2.45, 2.75) is 97.1 Å². The molecular weight excluding hydrogens is 618 g/mol. The Bertz CT molecular complexity index is 1590. The first-order valence-corrected chi connectivity index (χ1v) is 16.6. The summed E-state index contributed by atoms with van der Waals surface area (Å²) in [6, 6.07) is 22.1. The standard InChI is InChI=1S/C40H49N3O6/c1-9-25-43(36(45)32(26-29-17-13-11-14-18-29)42-38(47)49-40(6,7)8)34(31-23-21-28(10-2)22-24-31)35(44)41-33(37(46)48-39(3,4)5)27-30-19-15-12-16-20-30/h2,11-24,32-34H,9,25-27H2,1,3-8H3,(H,41,44)(H,42,47). The number of nitrogens with zero attached hydrogens (tertiary/aromatic N) is 1. The van der Waals surface area contributed by atoms with E-state index in [0.717, 1.165) is 11.1 Å². The van der Waals surface area contributed by atoms with Crippen LogP contribution in [0, 0.1) is 12.3 Å². The molecule has 0 heterocycles. The van der Waals surface area contributed by atoms with E-state index in [0.29, 0.717) is 17.5 Å². The molecule has 0 aliphatic rings. The first kappa shape index (κ1) is 38.3. The van der Waals surface area contributed by atoms with Crippen LogP contribution in [0.2, 0.25) is 0 Å². The molecule has 0 spiro atoms. The summed E-state index contributed by atoms with van der Waals surface area (Å²) in [5, 5.41) is 5.67. The molecule has 49 heavy (non-hydrogen) atoms. The zero-order valence-electron chi connectivity index (χ0n) is 29.6. The van der Waals surface area contributed by atoms with Crippen LogP contribution in [0.25, 0.3) is 0 Å². The minimum absolute atomic E-state index is 0.151. The summed E-state index contributed by atoms with van der Waals surface area (Å²) >= 11 is 0. The van der Waals surface area contributed by atoms with Crippen molar-refractivity contribution in [3.05, 3.63) is 107 Å². The van der Waals surface area contributed by atoms with Crippen LogP contribution in [0.3, 0.4) is 0 Å². The summed E-state index contributed by atoms with van der Waals surface area (Å²) in [6.07, 6.45) is 5.68. The lowest BCUT2D eigenvalue weighted by atomic mass is 9.98. The van der Waals surface area contributed by atoms with Gasteiger partial charge in [-0.1, -0.05) is 85.6 Å². The Labute approximate surface area is 290 Å². The molecule has 9 nitrogen and oxygen atoms in total. The molecule has 3 amide bonds. The number of nitrogens with one attached hydrogen (secondary N) is 2. The number of ether oxygens (including phenoxy) is 2. The molecule has 3 aromatic carbocycles. The van der Waals surface area contributed by atoms with Gasteiger partial charge in [0.25, 0.3) is 0 Å². The maximum Gasteiger partial charge on any atom is 0.408 e. The Morgan fingerprint density at radius 2 is 1.24 bits per heavy atom. The molecule has 9 heteroatoms. The second-order valence-corrected chi connectivity index (χ2v) is 13.9. The van der Waals surface area contributed by atoms with E-state index in [1.807, 2.05) is 67.6 Å². The molecule has 0 bridgehead atoms. The molecule has 0 saturated heterocycles. The second kappa shape index (κ2) is 17.3. The van der Waals surface area contributed by atoms with Gasteiger partial charge in [0.05, 0.1) is 0 Å². The van der Waals surface area contributed by atoms with Crippen LogP contribution >= 0.6 is 0 Å². The Morgan fingerprint density at radius 1 is 0.735 bits per heavy atom. The zero-order chi connectivity index (χ0) is 36.2. The summed E-state index contributed by atoms with van der Waals surface area (Å²) in [5.74, 6) is 0.897. The van der Waals surface area contributed by atoms with E-state index in [2.05, 4.69) is 16.6 Å². The van der Waals surface area contributed by atoms with Crippen LogP contribution < -0.4 is 10.6 Å². The fourth-order valence-electron chi connectivity index (χ4n) is 5.21. The van der Waals surface area contributed by atoms with Crippen molar-refractivity contribution >= 4 is 23.9 Å². The highest BCUT2D eigenvalue weighted by molar-refractivity contribution is 5.94. The monoisotopic (exact) mass is 667 g/mol. The van der Waals surface area contributed by atoms with Crippen molar-refractivity contribution in [3.8, 4) is 12.3 Å². The number of alkyl carbamates (subject to hydrolysis) is 1. The van der Waals surface area contributed by atoms with Gasteiger partial charge in [-0.2, -0.15) is 0 Å². The summed E-state index contributed by atoms with van der Waals surface area (Å²) in [5.41, 5.74) is 1.10. The Hall–Kier alpha value is -5.10. The predicted molar refractivity (Wildman–Crippen MR) is 190 cm³/mol. The van der Waals surface area contributed by atoms with Crippen LogP contribution in [-0.4, -0.2) is 58.6 Å². The van der Waals surface area contributed by atoms with Crippen LogP contribution in [0.1, 0.15) is 83.2 Å². The van der Waals surface area contributed by atoms with Crippen molar-refractivity contribution in [2.24, 2.45) is 0 Å². The lowest BCUT2D eigenvalue weighted by Gasteiger charge is -2.35. The van der Waals surface area contributed by atoms with Crippen molar-refractivity contribution in [3.63, 3.8) is 0 Å². The number of benzene rings is 3. The Kier molecular flexibility index (Phi) is 13.6. The average Bonchev–Trinajstić information content (AvgIpc) is 3.03. The largest absolute Gasteiger partial charge is 0.458 e. The number of rotatable bonds is 13. The highest BCUT2D eigenvalue weighted by Gasteiger charge is 2.38. The number of amides is 3. The molecule has 3 aromatic rings. The van der Waals surface area contributed by atoms with Gasteiger partial charge in [-0.05, 0) is 76.8 Å². The maximum atomic E-state index is 14.6. The van der Waals surface area contributed by atoms with Gasteiger partial charge in [0.15, 0.2) is 0 Å². The van der Waals surface area contributed by atoms with E-state index in [4.69, 9.17) is 15.9 Å². The summed E-state index contributed by atoms with van der Waals surface area (Å²) in [4.78, 5) is 57.2. The van der Waals surface area contributed by atoms with E-state index in [9.17, 15) is 19.2 Å². The van der Waals surface area contributed by atoms with Crippen LogP contribution in [0.5, 0.6) is 0 Å². The molecule has 0 aromatic heterocycles. The van der Waals surface area contributed by atoms with Crippen LogP contribution in [0.4, 0.5) is 4.79 Å². The number of hydrogen-bond acceptors (Lipinski definition) is 6. The number of carbonyl (C=O) groups excluding carboxylic acids is 4. The lowest BCUT2D eigenvalue weighted by molar-refractivity contribution is -0.159. The summed E-state index contributed by atoms with van der Waals surface area (Å²) < 4.78 is 11.2. The molecular formula is C40H49N3O6. The number of carbonyl (C=O) groups is 4. The van der Waals surface area contributed by atoms with Gasteiger partial charge in [0.2, 0.25) is 11.8 Å². The molecule has 260 valence electrons. The fraction of sp³-hybridized carbons (Fsp3) is 0.400. The SMILES string of the molecule is C#Cc1ccc(C(C(=O)NC(Cc2ccccc2)C(=O)OC(C)(C)C)N(CCC)C(=O)C(Cc2ccccc2)NC(=O)OC(C)(C)C)cc1. The average molecular weight is 668 g/mol. The molecule has 3 rings (SSSR count). The zero-order valence-corrected chi connectivity index (χ0v) is 29.6. The van der Waals surface area contributed by atoms with Crippen molar-refractivity contribution < 1.29 is 28.7 Å². The summed E-state index contributed by atoms with van der Waals surface area (Å²) in [6.45, 7) is 12.5. The molecule has 0 fully saturated rings. The maximum absolute atomic E-state index is 14.6. The quantitative estimate of drug-likeness (QED) is 0.167. The van der Waals surface area contributed by atoms with Crippen molar-refractivity contribution in [1.29, 1.82) is 0 Å². The van der Waals surface area contributed by atoms with Crippen LogP contribution in [0.15, 0.2) is 84.9 Å². The fourth-order valence-corrected chi connectivity index (χ4v) is 5.21. The second-order valence-electron chi connectivity index (χ2n) is 13.9. The highest BCUT2D eigenvalue weighted by Crippen LogP contribution is 2.25. The molecule has 0 aliphatic heterocycles. The van der Waals surface area contributed by atoms with Gasteiger partial charge in [-0.15, -0.1) is 6.42 Å². The minimum atomic E-state index is -1.18. The first-order valence-electron chi connectivity index (χ1n) is 16.6. The highest BCUT2D eigenvalue weighted by atomic mass is 16.6. The minimum Gasteiger partial charge on any atom is -0.458 e. The van der Waals surface area contributed by atoms with Gasteiger partial charge in [0, 0.05) is 24.9 Å². The third-order valence-corrected chi connectivity index (χ3v) is 7.26. The van der Waals surface area contributed by atoms with E-state index in [1.165, 1.54) is 4.90 Å². The van der Waals surface area contributed by atoms with E-state index in [-0.39, 0.29) is 19.4 Å². The molecule has 2 N–H and O–H groups in total. The Balaban J connectivity index is 2.09. The number of terminal acetylenes is 1. The van der Waals surface area contributed by atoms with Gasteiger partial charge in [-0.3, -0.25) is 9.59 Å². The predicted octanol–water partition coefficient (Wildman–Crippen LogP) is 6.15. The van der Waals surface area contributed by atoms with Crippen molar-refractivity contribution in [2.75, 3.05) is 6.54 Å². The third-order valence-electron chi connectivity index (χ3n) is 7.26. The molecule has 0 saturated carbocycles. The van der Waals surface area contributed by atoms with E-state index < -0.39 is 53.2 Å². The lowest BCUT2D eigenvalue weighted by Crippen LogP contribution is -2.55. The summed E-state index contributed by atoms with van der Waals surface area (Å²) in [7, 11) is 0. The third kappa shape index (κ3) is 12.5. The van der Waals surface area contributed by atoms with Crippen LogP contribution in [-0.2, 0) is 36.7 Å². The normalized spacial score (nSPS) is 13.2. The number of esters is 1. The van der Waals surface area contributed by atoms with Gasteiger partial charge in [-0.25, -0.2) is 9.59 Å². The van der Waals surface area contributed by atoms with Crippen molar-refractivity contribution in [1.82, 2.24) is 15.5 Å². The van der Waals surface area contributed by atoms with Gasteiger partial charge >= 0.3 is 12.1 Å². The van der Waals surface area contributed by atoms with Gasteiger partial charge in [0.1, 0.15) is 29.3 Å². The molecule has 3 unspecified atom stereocenters. The topological polar surface area (TPSA) is 114 Å². The smallest absolute Gasteiger partial charge is 0.408 e. The first-order chi connectivity index (χ1) is 23.1. The molecule has 0 aliphatic carbocycles. The Morgan fingerprint density at radius 3 is 1.71 bits per heavy atom. The van der Waals surface area contributed by atoms with Gasteiger partial charge < -0.3 is 25.0 Å². The van der Waals surface area contributed by atoms with E-state index >= 15 is 0 Å². The number of hydrogen-bond donors (Lipinski definition) is 2.